The van der Waals surface area contributed by atoms with E-state index in [4.69, 9.17) is 0 Å². The lowest BCUT2D eigenvalue weighted by molar-refractivity contribution is -0.274. The number of halogens is 3. The smallest absolute Gasteiger partial charge is 0.406 e. The van der Waals surface area contributed by atoms with Crippen LogP contribution in [-0.2, 0) is 0 Å². The van der Waals surface area contributed by atoms with Gasteiger partial charge in [-0.1, -0.05) is 12.1 Å². The molecule has 0 bridgehead atoms. The highest BCUT2D eigenvalue weighted by atomic mass is 32.2. The lowest BCUT2D eigenvalue weighted by Crippen LogP contribution is -2.41. The third kappa shape index (κ3) is 5.09. The maximum Gasteiger partial charge on any atom is 0.573 e. The topological polar surface area (TPSA) is 41.5 Å². The molecule has 0 saturated carbocycles. The van der Waals surface area contributed by atoms with Gasteiger partial charge in [-0.25, -0.2) is 0 Å². The second-order valence-corrected chi connectivity index (χ2v) is 6.35. The van der Waals surface area contributed by atoms with Gasteiger partial charge in [0.15, 0.2) is 0 Å². The van der Waals surface area contributed by atoms with E-state index in [1.54, 1.807) is 17.8 Å². The molecule has 7 heteroatoms. The summed E-state index contributed by atoms with van der Waals surface area (Å²) in [4.78, 5) is 0. The van der Waals surface area contributed by atoms with Gasteiger partial charge in [0.05, 0.1) is 5.60 Å². The average molecular weight is 321 g/mol. The van der Waals surface area contributed by atoms with Crippen LogP contribution in [0, 0.1) is 0 Å². The van der Waals surface area contributed by atoms with E-state index < -0.39 is 12.0 Å². The molecule has 3 nitrogen and oxygen atoms in total. The van der Waals surface area contributed by atoms with Crippen molar-refractivity contribution in [3.05, 3.63) is 29.8 Å². The van der Waals surface area contributed by atoms with Crippen LogP contribution < -0.4 is 10.1 Å². The number of rotatable bonds is 5. The molecule has 0 radical (unpaired) electrons. The fourth-order valence-electron chi connectivity index (χ4n) is 2.18. The van der Waals surface area contributed by atoms with Gasteiger partial charge in [0, 0.05) is 18.3 Å². The molecule has 2 rings (SSSR count). The number of hydrogen-bond donors (Lipinski definition) is 2. The van der Waals surface area contributed by atoms with Crippen LogP contribution >= 0.6 is 11.8 Å². The zero-order valence-corrected chi connectivity index (χ0v) is 12.4. The first-order valence-electron chi connectivity index (χ1n) is 6.67. The zero-order valence-electron chi connectivity index (χ0n) is 11.6. The summed E-state index contributed by atoms with van der Waals surface area (Å²) in [6, 6.07) is 5.71. The number of nitrogens with one attached hydrogen (secondary N) is 1. The predicted molar refractivity (Wildman–Crippen MR) is 76.4 cm³/mol. The highest BCUT2D eigenvalue weighted by Gasteiger charge is 2.32. The Hall–Kier alpha value is -0.920. The normalized spacial score (nSPS) is 24.0. The van der Waals surface area contributed by atoms with E-state index in [1.807, 2.05) is 6.92 Å². The highest BCUT2D eigenvalue weighted by molar-refractivity contribution is 7.99. The van der Waals surface area contributed by atoms with Gasteiger partial charge in [0.1, 0.15) is 5.75 Å². The van der Waals surface area contributed by atoms with E-state index >= 15 is 0 Å². The molecule has 1 aromatic carbocycles. The van der Waals surface area contributed by atoms with Crippen LogP contribution in [0.4, 0.5) is 13.2 Å². The quantitative estimate of drug-likeness (QED) is 0.874. The standard InChI is InChI=1S/C14H18F3NO2S/c1-10(18-8-13(19)5-6-21-9-13)11-3-2-4-12(7-11)20-14(15,16)17/h2-4,7,10,18-19H,5-6,8-9H2,1H3. The Labute approximate surface area is 125 Å². The largest absolute Gasteiger partial charge is 0.573 e. The van der Waals surface area contributed by atoms with Crippen molar-refractivity contribution < 1.29 is 23.0 Å². The van der Waals surface area contributed by atoms with Gasteiger partial charge in [-0.15, -0.1) is 13.2 Å². The van der Waals surface area contributed by atoms with Crippen LogP contribution in [-0.4, -0.2) is 35.1 Å². The molecule has 1 aliphatic heterocycles. The van der Waals surface area contributed by atoms with Crippen molar-refractivity contribution in [2.45, 2.75) is 31.3 Å². The monoisotopic (exact) mass is 321 g/mol. The van der Waals surface area contributed by atoms with E-state index in [0.29, 0.717) is 17.9 Å². The fraction of sp³-hybridized carbons (Fsp3) is 0.571. The number of hydrogen-bond acceptors (Lipinski definition) is 4. The van der Waals surface area contributed by atoms with Gasteiger partial charge < -0.3 is 15.2 Å². The Morgan fingerprint density at radius 1 is 1.48 bits per heavy atom. The zero-order chi connectivity index (χ0) is 15.5. The minimum absolute atomic E-state index is 0.170. The molecule has 1 fully saturated rings. The lowest BCUT2D eigenvalue weighted by atomic mass is 10.0. The SMILES string of the molecule is CC(NCC1(O)CCSC1)c1cccc(OC(F)(F)F)c1. The minimum atomic E-state index is -4.69. The summed E-state index contributed by atoms with van der Waals surface area (Å²) in [5.74, 6) is 1.38. The average Bonchev–Trinajstić information content (AvgIpc) is 2.82. The van der Waals surface area contributed by atoms with Gasteiger partial charge in [0.25, 0.3) is 0 Å². The van der Waals surface area contributed by atoms with E-state index in [9.17, 15) is 18.3 Å². The van der Waals surface area contributed by atoms with Gasteiger partial charge >= 0.3 is 6.36 Å². The molecule has 1 aromatic rings. The molecule has 1 saturated heterocycles. The van der Waals surface area contributed by atoms with Crippen molar-refractivity contribution in [3.63, 3.8) is 0 Å². The highest BCUT2D eigenvalue weighted by Crippen LogP contribution is 2.29. The number of alkyl halides is 3. The summed E-state index contributed by atoms with van der Waals surface area (Å²) in [5.41, 5.74) is -0.0371. The first kappa shape index (κ1) is 16.5. The van der Waals surface area contributed by atoms with Crippen LogP contribution in [0.1, 0.15) is 24.9 Å². The van der Waals surface area contributed by atoms with Crippen LogP contribution in [0.2, 0.25) is 0 Å². The maximum atomic E-state index is 12.2. The van der Waals surface area contributed by atoms with E-state index in [-0.39, 0.29) is 11.8 Å². The number of aliphatic hydroxyl groups is 1. The van der Waals surface area contributed by atoms with Crippen LogP contribution in [0.5, 0.6) is 5.75 Å². The minimum Gasteiger partial charge on any atom is -0.406 e. The molecule has 0 aromatic heterocycles. The Bertz CT molecular complexity index is 476. The van der Waals surface area contributed by atoms with E-state index in [1.165, 1.54) is 18.2 Å². The van der Waals surface area contributed by atoms with Crippen LogP contribution in [0.25, 0.3) is 0 Å². The number of ether oxygens (including phenoxy) is 1. The fourth-order valence-corrected chi connectivity index (χ4v) is 3.47. The van der Waals surface area contributed by atoms with Gasteiger partial charge in [-0.2, -0.15) is 11.8 Å². The molecular weight excluding hydrogens is 303 g/mol. The van der Waals surface area contributed by atoms with Crippen LogP contribution in [0.15, 0.2) is 24.3 Å². The van der Waals surface area contributed by atoms with Crippen molar-refractivity contribution >= 4 is 11.8 Å². The Morgan fingerprint density at radius 3 is 2.86 bits per heavy atom. The second kappa shape index (κ2) is 6.46. The molecule has 2 atom stereocenters. The molecule has 2 N–H and O–H groups in total. The Balaban J connectivity index is 1.95. The van der Waals surface area contributed by atoms with Crippen molar-refractivity contribution in [1.82, 2.24) is 5.32 Å². The molecule has 118 valence electrons. The Kier molecular flexibility index (Phi) is 5.06. The van der Waals surface area contributed by atoms with Gasteiger partial charge in [-0.05, 0) is 36.8 Å². The summed E-state index contributed by atoms with van der Waals surface area (Å²) >= 11 is 1.70. The molecule has 0 aliphatic carbocycles. The van der Waals surface area contributed by atoms with Gasteiger partial charge in [0.2, 0.25) is 0 Å². The van der Waals surface area contributed by atoms with Crippen molar-refractivity contribution in [3.8, 4) is 5.75 Å². The molecule has 0 spiro atoms. The third-order valence-corrected chi connectivity index (χ3v) is 4.65. The number of thioether (sulfide) groups is 1. The predicted octanol–water partition coefficient (Wildman–Crippen LogP) is 3.10. The molecule has 1 heterocycles. The summed E-state index contributed by atoms with van der Waals surface area (Å²) in [6.45, 7) is 2.27. The summed E-state index contributed by atoms with van der Waals surface area (Å²) < 4.78 is 40.5. The molecule has 1 aliphatic rings. The molecule has 0 amide bonds. The van der Waals surface area contributed by atoms with Crippen molar-refractivity contribution in [1.29, 1.82) is 0 Å². The first-order valence-corrected chi connectivity index (χ1v) is 7.82. The maximum absolute atomic E-state index is 12.2. The van der Waals surface area contributed by atoms with E-state index in [0.717, 1.165) is 12.2 Å². The Morgan fingerprint density at radius 2 is 2.24 bits per heavy atom. The summed E-state index contributed by atoms with van der Waals surface area (Å²) in [5, 5.41) is 13.4. The van der Waals surface area contributed by atoms with E-state index in [2.05, 4.69) is 10.1 Å². The second-order valence-electron chi connectivity index (χ2n) is 5.25. The number of benzene rings is 1. The molecule has 2 unspecified atom stereocenters. The van der Waals surface area contributed by atoms with Crippen molar-refractivity contribution in [2.24, 2.45) is 0 Å². The third-order valence-electron chi connectivity index (χ3n) is 3.41. The lowest BCUT2D eigenvalue weighted by Gasteiger charge is -2.25. The van der Waals surface area contributed by atoms with Crippen molar-refractivity contribution in [2.75, 3.05) is 18.1 Å². The first-order chi connectivity index (χ1) is 9.77. The van der Waals surface area contributed by atoms with Crippen LogP contribution in [0.3, 0.4) is 0 Å². The molecule has 21 heavy (non-hydrogen) atoms. The summed E-state index contributed by atoms with van der Waals surface area (Å²) in [6.07, 6.45) is -3.96. The summed E-state index contributed by atoms with van der Waals surface area (Å²) in [7, 11) is 0. The molecular formula is C14H18F3NO2S. The van der Waals surface area contributed by atoms with Gasteiger partial charge in [-0.3, -0.25) is 0 Å².